The average Bonchev–Trinajstić information content (AvgIpc) is 3.54. The molecule has 0 saturated carbocycles. The molecule has 3 aromatic rings. The van der Waals surface area contributed by atoms with Crippen molar-refractivity contribution in [3.8, 4) is 0 Å². The highest BCUT2D eigenvalue weighted by Crippen LogP contribution is 2.19. The Bertz CT molecular complexity index is 966. The number of urea groups is 1. The van der Waals surface area contributed by atoms with Crippen molar-refractivity contribution >= 4 is 40.3 Å². The Morgan fingerprint density at radius 3 is 2.06 bits per heavy atom. The number of amides is 3. The number of thiophene rings is 2. The van der Waals surface area contributed by atoms with Gasteiger partial charge >= 0.3 is 6.03 Å². The van der Waals surface area contributed by atoms with Gasteiger partial charge in [-0.25, -0.2) is 4.79 Å². The smallest absolute Gasteiger partial charge is 0.315 e. The van der Waals surface area contributed by atoms with Gasteiger partial charge in [0.15, 0.2) is 0 Å². The van der Waals surface area contributed by atoms with Crippen LogP contribution in [0.3, 0.4) is 0 Å². The van der Waals surface area contributed by atoms with E-state index in [4.69, 9.17) is 0 Å². The molecule has 8 heteroatoms. The highest BCUT2D eigenvalue weighted by Gasteiger charge is 2.26. The summed E-state index contributed by atoms with van der Waals surface area (Å²) >= 11 is 3.28. The number of benzene rings is 1. The van der Waals surface area contributed by atoms with Gasteiger partial charge in [-0.05, 0) is 47.0 Å². The van der Waals surface area contributed by atoms with Crippen molar-refractivity contribution in [2.24, 2.45) is 0 Å². The zero-order valence-electron chi connectivity index (χ0n) is 20.1. The van der Waals surface area contributed by atoms with E-state index in [2.05, 4.69) is 17.6 Å². The first kappa shape index (κ1) is 25.8. The third kappa shape index (κ3) is 7.88. The number of carbonyl (C=O) groups excluding carboxylic acids is 2. The minimum Gasteiger partial charge on any atom is -0.378 e. The van der Waals surface area contributed by atoms with E-state index in [1.807, 2.05) is 83.2 Å². The van der Waals surface area contributed by atoms with Gasteiger partial charge < -0.3 is 20.4 Å². The van der Waals surface area contributed by atoms with Crippen molar-refractivity contribution in [3.05, 3.63) is 74.6 Å². The quantitative estimate of drug-likeness (QED) is 0.348. The van der Waals surface area contributed by atoms with E-state index in [0.29, 0.717) is 26.1 Å². The molecule has 1 aromatic carbocycles. The van der Waals surface area contributed by atoms with Crippen molar-refractivity contribution in [1.29, 1.82) is 0 Å². The maximum Gasteiger partial charge on any atom is 0.315 e. The van der Waals surface area contributed by atoms with E-state index in [0.717, 1.165) is 33.8 Å². The fraction of sp³-hybridized carbons (Fsp3) is 0.385. The number of hydrogen-bond donors (Lipinski definition) is 2. The van der Waals surface area contributed by atoms with Crippen LogP contribution in [0.1, 0.15) is 41.5 Å². The highest BCUT2D eigenvalue weighted by atomic mass is 32.1. The van der Waals surface area contributed by atoms with Crippen molar-refractivity contribution in [2.75, 3.05) is 19.0 Å². The van der Waals surface area contributed by atoms with Gasteiger partial charge in [0.2, 0.25) is 5.91 Å². The lowest BCUT2D eigenvalue weighted by Crippen LogP contribution is -2.50. The first-order valence-corrected chi connectivity index (χ1v) is 13.4. The van der Waals surface area contributed by atoms with E-state index in [1.54, 1.807) is 22.7 Å². The van der Waals surface area contributed by atoms with Gasteiger partial charge in [-0.2, -0.15) is 0 Å². The zero-order valence-corrected chi connectivity index (χ0v) is 21.8. The Hall–Kier alpha value is -2.84. The second-order valence-corrected chi connectivity index (χ2v) is 10.5. The third-order valence-electron chi connectivity index (χ3n) is 5.52. The lowest BCUT2D eigenvalue weighted by Gasteiger charge is -2.27. The fourth-order valence-corrected chi connectivity index (χ4v) is 5.02. The molecule has 0 fully saturated rings. The molecular formula is C26H34N4O2S2. The van der Waals surface area contributed by atoms with Gasteiger partial charge in [-0.15, -0.1) is 22.7 Å². The molecule has 2 heterocycles. The number of unbranched alkanes of at least 4 members (excludes halogenated alkanes) is 1. The van der Waals surface area contributed by atoms with Crippen molar-refractivity contribution in [2.45, 2.75) is 51.9 Å². The summed E-state index contributed by atoms with van der Waals surface area (Å²) in [6.45, 7) is 3.58. The summed E-state index contributed by atoms with van der Waals surface area (Å²) in [6.07, 6.45) is 2.45. The van der Waals surface area contributed by atoms with Crippen LogP contribution < -0.4 is 15.5 Å². The second-order valence-electron chi connectivity index (χ2n) is 8.44. The Balaban J connectivity index is 1.65. The molecule has 182 valence electrons. The Labute approximate surface area is 210 Å². The second kappa shape index (κ2) is 13.2. The Kier molecular flexibility index (Phi) is 9.97. The minimum atomic E-state index is -0.559. The van der Waals surface area contributed by atoms with Gasteiger partial charge in [-0.3, -0.25) is 4.79 Å². The molecule has 0 bridgehead atoms. The molecule has 1 atom stereocenters. The summed E-state index contributed by atoms with van der Waals surface area (Å²) in [5.74, 6) is -0.0410. The van der Waals surface area contributed by atoms with Crippen LogP contribution in [-0.2, 0) is 24.4 Å². The van der Waals surface area contributed by atoms with Crippen molar-refractivity contribution in [1.82, 2.24) is 15.5 Å². The number of rotatable bonds is 12. The van der Waals surface area contributed by atoms with E-state index in [1.165, 1.54) is 0 Å². The summed E-state index contributed by atoms with van der Waals surface area (Å²) in [5, 5.41) is 9.90. The van der Waals surface area contributed by atoms with Crippen LogP contribution in [0.4, 0.5) is 10.5 Å². The predicted molar refractivity (Wildman–Crippen MR) is 142 cm³/mol. The zero-order chi connectivity index (χ0) is 24.3. The van der Waals surface area contributed by atoms with Crippen LogP contribution in [0.15, 0.2) is 59.3 Å². The van der Waals surface area contributed by atoms with E-state index in [-0.39, 0.29) is 11.9 Å². The molecule has 2 N–H and O–H groups in total. The summed E-state index contributed by atoms with van der Waals surface area (Å²) in [7, 11) is 3.99. The molecule has 0 aliphatic carbocycles. The SMILES string of the molecule is CCCC[C@H](NC(=O)NCc1ccc(N(C)C)cc1)C(=O)N(Cc1cccs1)Cc1cccs1. The van der Waals surface area contributed by atoms with Crippen LogP contribution in [0.2, 0.25) is 0 Å². The van der Waals surface area contributed by atoms with Crippen LogP contribution in [0.25, 0.3) is 0 Å². The van der Waals surface area contributed by atoms with Crippen molar-refractivity contribution in [3.63, 3.8) is 0 Å². The van der Waals surface area contributed by atoms with E-state index < -0.39 is 6.04 Å². The van der Waals surface area contributed by atoms with Gasteiger partial charge in [0, 0.05) is 36.1 Å². The van der Waals surface area contributed by atoms with Gasteiger partial charge in [-0.1, -0.05) is 44.0 Å². The molecule has 0 unspecified atom stereocenters. The number of carbonyl (C=O) groups is 2. The van der Waals surface area contributed by atoms with Gasteiger partial charge in [0.1, 0.15) is 6.04 Å². The standard InChI is InChI=1S/C26H34N4O2S2/c1-4-5-10-24(28-26(32)27-17-20-11-13-21(14-12-20)29(2)3)25(31)30(18-22-8-6-15-33-22)19-23-9-7-16-34-23/h6-9,11-16,24H,4-5,10,17-19H2,1-3H3,(H2,27,28,32)/t24-/m0/s1. The molecule has 0 spiro atoms. The molecule has 0 aliphatic heterocycles. The summed E-state index contributed by atoms with van der Waals surface area (Å²) in [5.41, 5.74) is 2.12. The first-order chi connectivity index (χ1) is 16.5. The maximum atomic E-state index is 13.6. The van der Waals surface area contributed by atoms with Crippen molar-refractivity contribution < 1.29 is 9.59 Å². The fourth-order valence-electron chi connectivity index (χ4n) is 3.58. The molecule has 6 nitrogen and oxygen atoms in total. The summed E-state index contributed by atoms with van der Waals surface area (Å²) < 4.78 is 0. The van der Waals surface area contributed by atoms with Crippen LogP contribution in [0, 0.1) is 0 Å². The third-order valence-corrected chi connectivity index (χ3v) is 7.24. The summed E-state index contributed by atoms with van der Waals surface area (Å²) in [6, 6.07) is 15.3. The number of nitrogens with one attached hydrogen (secondary N) is 2. The highest BCUT2D eigenvalue weighted by molar-refractivity contribution is 7.10. The number of nitrogens with zero attached hydrogens (tertiary/aromatic N) is 2. The molecule has 34 heavy (non-hydrogen) atoms. The Morgan fingerprint density at radius 2 is 1.56 bits per heavy atom. The minimum absolute atomic E-state index is 0.0410. The lowest BCUT2D eigenvalue weighted by molar-refractivity contribution is -0.134. The molecule has 0 saturated heterocycles. The average molecular weight is 499 g/mol. The maximum absolute atomic E-state index is 13.6. The first-order valence-electron chi connectivity index (χ1n) is 11.6. The summed E-state index contributed by atoms with van der Waals surface area (Å²) in [4.78, 5) is 32.5. The monoisotopic (exact) mass is 498 g/mol. The van der Waals surface area contributed by atoms with E-state index in [9.17, 15) is 9.59 Å². The number of hydrogen-bond acceptors (Lipinski definition) is 5. The number of anilines is 1. The molecule has 0 radical (unpaired) electrons. The van der Waals surface area contributed by atoms with Crippen LogP contribution in [-0.4, -0.2) is 37.0 Å². The van der Waals surface area contributed by atoms with Crippen LogP contribution >= 0.6 is 22.7 Å². The lowest BCUT2D eigenvalue weighted by atomic mass is 10.1. The van der Waals surface area contributed by atoms with Gasteiger partial charge in [0.05, 0.1) is 13.1 Å². The molecule has 2 aromatic heterocycles. The normalized spacial score (nSPS) is 11.6. The topological polar surface area (TPSA) is 64.7 Å². The van der Waals surface area contributed by atoms with E-state index >= 15 is 0 Å². The molecule has 0 aliphatic rings. The van der Waals surface area contributed by atoms with Crippen LogP contribution in [0.5, 0.6) is 0 Å². The largest absolute Gasteiger partial charge is 0.378 e. The predicted octanol–water partition coefficient (Wildman–Crippen LogP) is 5.46. The molecular weight excluding hydrogens is 464 g/mol. The molecule has 3 rings (SSSR count). The molecule has 3 amide bonds. The Morgan fingerprint density at radius 1 is 0.941 bits per heavy atom. The van der Waals surface area contributed by atoms with Gasteiger partial charge in [0.25, 0.3) is 0 Å².